The lowest BCUT2D eigenvalue weighted by molar-refractivity contribution is -0.121. The first-order valence-corrected chi connectivity index (χ1v) is 8.56. The number of fused-ring (bicyclic) bond motifs is 1. The van der Waals surface area contributed by atoms with Crippen LogP contribution >= 0.6 is 0 Å². The Bertz CT molecular complexity index is 894. The Labute approximate surface area is 147 Å². The van der Waals surface area contributed by atoms with Crippen molar-refractivity contribution in [3.8, 4) is 0 Å². The van der Waals surface area contributed by atoms with Gasteiger partial charge >= 0.3 is 0 Å². The van der Waals surface area contributed by atoms with Gasteiger partial charge in [0.05, 0.1) is 12.0 Å². The highest BCUT2D eigenvalue weighted by molar-refractivity contribution is 5.84. The van der Waals surface area contributed by atoms with Gasteiger partial charge in [-0.1, -0.05) is 0 Å². The molecule has 0 atom stereocenters. The molecular formula is C19H24N4O2. The molecule has 3 rings (SSSR count). The fourth-order valence-corrected chi connectivity index (χ4v) is 3.34. The molecule has 0 saturated carbocycles. The minimum absolute atomic E-state index is 0.0494. The zero-order chi connectivity index (χ0) is 18.0. The number of pyridine rings is 1. The van der Waals surface area contributed by atoms with Gasteiger partial charge in [-0.05, 0) is 50.5 Å². The molecule has 0 saturated heterocycles. The molecule has 0 fully saturated rings. The van der Waals surface area contributed by atoms with E-state index in [1.807, 2.05) is 37.7 Å². The summed E-state index contributed by atoms with van der Waals surface area (Å²) < 4.78 is 7.08. The Morgan fingerprint density at radius 1 is 1.24 bits per heavy atom. The standard InChI is InChI=1S/C19H24N4O2/c1-12-16(13(2)21-19-18(12)14(3)22-23(19)4)7-8-17(24)20-10-9-15-6-5-11-25-15/h5-6,11H,7-10H2,1-4H3,(H,20,24). The summed E-state index contributed by atoms with van der Waals surface area (Å²) in [6, 6.07) is 3.77. The van der Waals surface area contributed by atoms with Gasteiger partial charge in [0.25, 0.3) is 0 Å². The third kappa shape index (κ3) is 3.57. The van der Waals surface area contributed by atoms with Crippen molar-refractivity contribution in [3.63, 3.8) is 0 Å². The SMILES string of the molecule is Cc1nc2c(c(C)nn2C)c(C)c1CCC(=O)NCCc1ccco1. The molecule has 1 amide bonds. The average molecular weight is 340 g/mol. The van der Waals surface area contributed by atoms with Crippen LogP contribution in [-0.2, 0) is 24.7 Å². The maximum absolute atomic E-state index is 12.1. The number of carbonyl (C=O) groups is 1. The zero-order valence-electron chi connectivity index (χ0n) is 15.2. The quantitative estimate of drug-likeness (QED) is 0.749. The lowest BCUT2D eigenvalue weighted by Gasteiger charge is -2.11. The number of nitrogens with zero attached hydrogens (tertiary/aromatic N) is 3. The Hall–Kier alpha value is -2.63. The van der Waals surface area contributed by atoms with E-state index in [1.54, 1.807) is 6.26 Å². The van der Waals surface area contributed by atoms with Crippen molar-refractivity contribution < 1.29 is 9.21 Å². The highest BCUT2D eigenvalue weighted by Crippen LogP contribution is 2.25. The fourth-order valence-electron chi connectivity index (χ4n) is 3.34. The molecule has 1 N–H and O–H groups in total. The zero-order valence-corrected chi connectivity index (χ0v) is 15.2. The molecule has 0 radical (unpaired) electrons. The van der Waals surface area contributed by atoms with E-state index < -0.39 is 0 Å². The van der Waals surface area contributed by atoms with Crippen LogP contribution in [0.3, 0.4) is 0 Å². The van der Waals surface area contributed by atoms with Crippen molar-refractivity contribution in [2.75, 3.05) is 6.54 Å². The van der Waals surface area contributed by atoms with Crippen LogP contribution in [0.4, 0.5) is 0 Å². The third-order valence-corrected chi connectivity index (χ3v) is 4.61. The predicted octanol–water partition coefficient (Wildman–Crippen LogP) is 2.78. The summed E-state index contributed by atoms with van der Waals surface area (Å²) >= 11 is 0. The second-order valence-electron chi connectivity index (χ2n) is 6.39. The van der Waals surface area contributed by atoms with Gasteiger partial charge in [-0.2, -0.15) is 5.10 Å². The van der Waals surface area contributed by atoms with Gasteiger partial charge in [0.1, 0.15) is 5.76 Å². The number of aryl methyl sites for hydroxylation is 4. The average Bonchev–Trinajstić information content (AvgIpc) is 3.16. The molecule has 3 aromatic rings. The molecule has 6 heteroatoms. The molecule has 0 spiro atoms. The van der Waals surface area contributed by atoms with E-state index in [9.17, 15) is 4.79 Å². The van der Waals surface area contributed by atoms with Crippen molar-refractivity contribution in [2.24, 2.45) is 7.05 Å². The fraction of sp³-hybridized carbons (Fsp3) is 0.421. The summed E-state index contributed by atoms with van der Waals surface area (Å²) in [7, 11) is 1.91. The normalized spacial score (nSPS) is 11.2. The molecule has 132 valence electrons. The molecule has 0 aliphatic rings. The molecule has 0 aromatic carbocycles. The summed E-state index contributed by atoms with van der Waals surface area (Å²) in [6.45, 7) is 6.68. The number of hydrogen-bond donors (Lipinski definition) is 1. The molecule has 0 unspecified atom stereocenters. The van der Waals surface area contributed by atoms with Crippen molar-refractivity contribution in [2.45, 2.75) is 40.0 Å². The highest BCUT2D eigenvalue weighted by Gasteiger charge is 2.16. The van der Waals surface area contributed by atoms with E-state index in [4.69, 9.17) is 4.42 Å². The summed E-state index contributed by atoms with van der Waals surface area (Å²) in [5.74, 6) is 0.932. The number of hydrogen-bond acceptors (Lipinski definition) is 4. The first-order chi connectivity index (χ1) is 12.0. The summed E-state index contributed by atoms with van der Waals surface area (Å²) in [4.78, 5) is 16.8. The van der Waals surface area contributed by atoms with Gasteiger partial charge in [0.15, 0.2) is 5.65 Å². The van der Waals surface area contributed by atoms with Crippen LogP contribution in [0.25, 0.3) is 11.0 Å². The number of rotatable bonds is 6. The minimum atomic E-state index is 0.0494. The van der Waals surface area contributed by atoms with E-state index in [0.717, 1.165) is 33.7 Å². The van der Waals surface area contributed by atoms with Crippen LogP contribution in [-0.4, -0.2) is 27.2 Å². The third-order valence-electron chi connectivity index (χ3n) is 4.61. The first-order valence-electron chi connectivity index (χ1n) is 8.56. The Kier molecular flexibility index (Phi) is 4.88. The summed E-state index contributed by atoms with van der Waals surface area (Å²) in [6.07, 6.45) is 3.49. The molecule has 3 heterocycles. The van der Waals surface area contributed by atoms with Crippen molar-refractivity contribution in [1.29, 1.82) is 0 Å². The van der Waals surface area contributed by atoms with Gasteiger partial charge in [-0.25, -0.2) is 4.98 Å². The van der Waals surface area contributed by atoms with Crippen molar-refractivity contribution >= 4 is 16.9 Å². The Morgan fingerprint density at radius 3 is 2.76 bits per heavy atom. The van der Waals surface area contributed by atoms with Gasteiger partial charge in [-0.3, -0.25) is 9.48 Å². The van der Waals surface area contributed by atoms with Crippen molar-refractivity contribution in [3.05, 3.63) is 46.7 Å². The number of carbonyl (C=O) groups excluding carboxylic acids is 1. The second kappa shape index (κ2) is 7.09. The minimum Gasteiger partial charge on any atom is -0.469 e. The van der Waals surface area contributed by atoms with Gasteiger partial charge < -0.3 is 9.73 Å². The maximum Gasteiger partial charge on any atom is 0.220 e. The van der Waals surface area contributed by atoms with E-state index in [0.29, 0.717) is 25.8 Å². The number of aromatic nitrogens is 3. The van der Waals surface area contributed by atoms with E-state index in [1.165, 1.54) is 5.56 Å². The van der Waals surface area contributed by atoms with E-state index in [2.05, 4.69) is 22.3 Å². The molecule has 3 aromatic heterocycles. The number of nitrogens with one attached hydrogen (secondary N) is 1. The number of amides is 1. The molecule has 6 nitrogen and oxygen atoms in total. The monoisotopic (exact) mass is 340 g/mol. The molecule has 25 heavy (non-hydrogen) atoms. The smallest absolute Gasteiger partial charge is 0.220 e. The highest BCUT2D eigenvalue weighted by atomic mass is 16.3. The molecule has 0 aliphatic carbocycles. The van der Waals surface area contributed by atoms with Gasteiger partial charge in [0.2, 0.25) is 5.91 Å². The van der Waals surface area contributed by atoms with Crippen LogP contribution in [0.5, 0.6) is 0 Å². The maximum atomic E-state index is 12.1. The Balaban J connectivity index is 1.64. The molecule has 0 bridgehead atoms. The second-order valence-corrected chi connectivity index (χ2v) is 6.39. The molecular weight excluding hydrogens is 316 g/mol. The lowest BCUT2D eigenvalue weighted by Crippen LogP contribution is -2.26. The van der Waals surface area contributed by atoms with Gasteiger partial charge in [-0.15, -0.1) is 0 Å². The topological polar surface area (TPSA) is 73.0 Å². The predicted molar refractivity (Wildman–Crippen MR) is 96.5 cm³/mol. The van der Waals surface area contributed by atoms with E-state index in [-0.39, 0.29) is 5.91 Å². The van der Waals surface area contributed by atoms with Crippen LogP contribution < -0.4 is 5.32 Å². The van der Waals surface area contributed by atoms with Crippen LogP contribution in [0.1, 0.15) is 34.7 Å². The Morgan fingerprint density at radius 2 is 2.04 bits per heavy atom. The molecule has 0 aliphatic heterocycles. The van der Waals surface area contributed by atoms with E-state index >= 15 is 0 Å². The lowest BCUT2D eigenvalue weighted by atomic mass is 9.99. The number of furan rings is 1. The van der Waals surface area contributed by atoms with Crippen LogP contribution in [0.2, 0.25) is 0 Å². The summed E-state index contributed by atoms with van der Waals surface area (Å²) in [5.41, 5.74) is 5.17. The van der Waals surface area contributed by atoms with Crippen molar-refractivity contribution in [1.82, 2.24) is 20.1 Å². The largest absolute Gasteiger partial charge is 0.469 e. The first kappa shape index (κ1) is 17.2. The summed E-state index contributed by atoms with van der Waals surface area (Å²) in [5, 5.41) is 8.50. The van der Waals surface area contributed by atoms with Crippen LogP contribution in [0, 0.1) is 20.8 Å². The van der Waals surface area contributed by atoms with Crippen LogP contribution in [0.15, 0.2) is 22.8 Å². The van der Waals surface area contributed by atoms with Gasteiger partial charge in [0, 0.05) is 37.5 Å².